The van der Waals surface area contributed by atoms with Gasteiger partial charge in [-0.3, -0.25) is 9.59 Å². The van der Waals surface area contributed by atoms with Crippen molar-refractivity contribution in [2.75, 3.05) is 32.8 Å². The van der Waals surface area contributed by atoms with Gasteiger partial charge in [0.05, 0.1) is 6.61 Å². The van der Waals surface area contributed by atoms with Crippen molar-refractivity contribution in [1.29, 1.82) is 0 Å². The minimum absolute atomic E-state index is 0.0336. The second kappa shape index (κ2) is 11.5. The van der Waals surface area contributed by atoms with E-state index in [1.54, 1.807) is 4.90 Å². The minimum atomic E-state index is -0.466. The smallest absolute Gasteiger partial charge is 0.410 e. The van der Waals surface area contributed by atoms with Crippen molar-refractivity contribution >= 4 is 23.4 Å². The third-order valence-electron chi connectivity index (χ3n) is 7.37. The lowest BCUT2D eigenvalue weighted by atomic mass is 9.85. The Morgan fingerprint density at radius 3 is 2.17 bits per heavy atom. The number of hydrogen-bond acceptors (Lipinski definition) is 5. The Kier molecular flexibility index (Phi) is 8.37. The van der Waals surface area contributed by atoms with Crippen LogP contribution in [0, 0.1) is 11.8 Å². The molecule has 2 heterocycles. The average molecular weight is 497 g/mol. The van der Waals surface area contributed by atoms with Gasteiger partial charge in [0.15, 0.2) is 0 Å². The summed E-state index contributed by atoms with van der Waals surface area (Å²) in [7, 11) is 0. The number of piperidine rings is 2. The first-order valence-corrected chi connectivity index (χ1v) is 13.4. The van der Waals surface area contributed by atoms with Crippen LogP contribution in [0.25, 0.3) is 5.57 Å². The standard InChI is InChI=1S/C29H40N2O5/c1-29(2,3)36-28(34)31-16-12-21(13-17-31)20-35-26-10-8-23(9-11-26)22-4-6-24(7-5-22)27(33)30-18-14-25(32)15-19-30/h4,8-11,21,24H,5-7,12-20H2,1-3H3/t24-/m0/s1. The molecule has 0 unspecified atom stereocenters. The van der Waals surface area contributed by atoms with Gasteiger partial charge in [0.1, 0.15) is 17.1 Å². The maximum atomic E-state index is 12.8. The zero-order chi connectivity index (χ0) is 25.7. The first-order chi connectivity index (χ1) is 17.2. The Hall–Kier alpha value is -2.83. The lowest BCUT2D eigenvalue weighted by molar-refractivity contribution is -0.138. The van der Waals surface area contributed by atoms with E-state index in [4.69, 9.17) is 9.47 Å². The molecular formula is C29H40N2O5. The summed E-state index contributed by atoms with van der Waals surface area (Å²) < 4.78 is 11.5. The van der Waals surface area contributed by atoms with Crippen LogP contribution < -0.4 is 4.74 Å². The predicted molar refractivity (Wildman–Crippen MR) is 139 cm³/mol. The van der Waals surface area contributed by atoms with Crippen LogP contribution in [0.3, 0.4) is 0 Å². The zero-order valence-corrected chi connectivity index (χ0v) is 22.0. The molecule has 2 amide bonds. The lowest BCUT2D eigenvalue weighted by Gasteiger charge is -2.33. The van der Waals surface area contributed by atoms with Crippen LogP contribution in [0.4, 0.5) is 4.79 Å². The van der Waals surface area contributed by atoms with Crippen molar-refractivity contribution in [1.82, 2.24) is 9.80 Å². The summed E-state index contributed by atoms with van der Waals surface area (Å²) in [6.45, 7) is 8.88. The molecule has 4 rings (SSSR count). The number of carbonyl (C=O) groups excluding carboxylic acids is 3. The van der Waals surface area contributed by atoms with Gasteiger partial charge in [0, 0.05) is 44.9 Å². The van der Waals surface area contributed by atoms with Crippen molar-refractivity contribution in [2.45, 2.75) is 71.3 Å². The number of likely N-dealkylation sites (tertiary alicyclic amines) is 2. The molecule has 0 N–H and O–H groups in total. The number of allylic oxidation sites excluding steroid dienone is 2. The van der Waals surface area contributed by atoms with Gasteiger partial charge < -0.3 is 19.3 Å². The van der Waals surface area contributed by atoms with Crippen LogP contribution >= 0.6 is 0 Å². The number of amides is 2. The SMILES string of the molecule is CC(C)(C)OC(=O)N1CCC(COc2ccc(C3=CC[C@H](C(=O)N4CCC(=O)CC4)CC3)cc2)CC1. The molecule has 2 saturated heterocycles. The molecule has 0 bridgehead atoms. The number of nitrogens with zero attached hydrogens (tertiary/aromatic N) is 2. The summed E-state index contributed by atoms with van der Waals surface area (Å²) >= 11 is 0. The fraction of sp³-hybridized carbons (Fsp3) is 0.621. The van der Waals surface area contributed by atoms with E-state index >= 15 is 0 Å². The van der Waals surface area contributed by atoms with E-state index in [2.05, 4.69) is 18.2 Å². The van der Waals surface area contributed by atoms with Crippen LogP contribution in [-0.2, 0) is 14.3 Å². The van der Waals surface area contributed by atoms with E-state index in [-0.39, 0.29) is 23.7 Å². The molecule has 2 fully saturated rings. The van der Waals surface area contributed by atoms with E-state index in [0.29, 0.717) is 51.5 Å². The fourth-order valence-electron chi connectivity index (χ4n) is 5.14. The van der Waals surface area contributed by atoms with E-state index in [0.717, 1.165) is 37.9 Å². The van der Waals surface area contributed by atoms with Crippen molar-refractivity contribution in [3.05, 3.63) is 35.9 Å². The number of benzene rings is 1. The highest BCUT2D eigenvalue weighted by molar-refractivity contribution is 5.85. The zero-order valence-electron chi connectivity index (χ0n) is 22.0. The largest absolute Gasteiger partial charge is 0.493 e. The molecule has 2 aliphatic heterocycles. The Morgan fingerprint density at radius 1 is 0.917 bits per heavy atom. The van der Waals surface area contributed by atoms with Gasteiger partial charge in [0.2, 0.25) is 5.91 Å². The predicted octanol–water partition coefficient (Wildman–Crippen LogP) is 5.09. The molecule has 0 saturated carbocycles. The normalized spacial score (nSPS) is 21.7. The molecule has 196 valence electrons. The molecule has 7 heteroatoms. The molecule has 1 aromatic rings. The van der Waals surface area contributed by atoms with Gasteiger partial charge >= 0.3 is 6.09 Å². The highest BCUT2D eigenvalue weighted by Crippen LogP contribution is 2.32. The maximum absolute atomic E-state index is 12.8. The van der Waals surface area contributed by atoms with Crippen LogP contribution in [0.1, 0.15) is 71.3 Å². The number of Topliss-reactive ketones (excluding diaryl/α,β-unsaturated/α-hetero) is 1. The molecule has 7 nitrogen and oxygen atoms in total. The lowest BCUT2D eigenvalue weighted by Crippen LogP contribution is -2.42. The summed E-state index contributed by atoms with van der Waals surface area (Å²) in [6.07, 6.45) is 7.31. The molecular weight excluding hydrogens is 456 g/mol. The Balaban J connectivity index is 1.20. The summed E-state index contributed by atoms with van der Waals surface area (Å²) in [5, 5.41) is 0. The molecule has 1 atom stereocenters. The van der Waals surface area contributed by atoms with Crippen LogP contribution in [0.5, 0.6) is 5.75 Å². The second-order valence-electron chi connectivity index (χ2n) is 11.3. The molecule has 0 radical (unpaired) electrons. The molecule has 0 aromatic heterocycles. The molecule has 36 heavy (non-hydrogen) atoms. The van der Waals surface area contributed by atoms with Crippen molar-refractivity contribution in [3.63, 3.8) is 0 Å². The van der Waals surface area contributed by atoms with Crippen LogP contribution in [0.2, 0.25) is 0 Å². The maximum Gasteiger partial charge on any atom is 0.410 e. The molecule has 0 spiro atoms. The first-order valence-electron chi connectivity index (χ1n) is 13.4. The highest BCUT2D eigenvalue weighted by Gasteiger charge is 2.29. The van der Waals surface area contributed by atoms with Crippen molar-refractivity contribution < 1.29 is 23.9 Å². The van der Waals surface area contributed by atoms with Gasteiger partial charge in [-0.15, -0.1) is 0 Å². The van der Waals surface area contributed by atoms with Crippen LogP contribution in [0.15, 0.2) is 30.3 Å². The second-order valence-corrected chi connectivity index (χ2v) is 11.3. The quantitative estimate of drug-likeness (QED) is 0.568. The van der Waals surface area contributed by atoms with Crippen molar-refractivity contribution in [3.8, 4) is 5.75 Å². The summed E-state index contributed by atoms with van der Waals surface area (Å²) in [6, 6.07) is 8.25. The summed E-state index contributed by atoms with van der Waals surface area (Å²) in [5.41, 5.74) is 2.00. The minimum Gasteiger partial charge on any atom is -0.493 e. The number of ketones is 1. The summed E-state index contributed by atoms with van der Waals surface area (Å²) in [5.74, 6) is 1.79. The third kappa shape index (κ3) is 7.11. The Morgan fingerprint density at radius 2 is 1.58 bits per heavy atom. The van der Waals surface area contributed by atoms with Gasteiger partial charge in [0.25, 0.3) is 0 Å². The van der Waals surface area contributed by atoms with Gasteiger partial charge in [-0.1, -0.05) is 18.2 Å². The van der Waals surface area contributed by atoms with Gasteiger partial charge in [-0.2, -0.15) is 0 Å². The van der Waals surface area contributed by atoms with E-state index in [9.17, 15) is 14.4 Å². The third-order valence-corrected chi connectivity index (χ3v) is 7.37. The number of carbonyl (C=O) groups is 3. The number of rotatable bonds is 5. The molecule has 1 aromatic carbocycles. The molecule has 3 aliphatic rings. The summed E-state index contributed by atoms with van der Waals surface area (Å²) in [4.78, 5) is 40.2. The van der Waals surface area contributed by atoms with Crippen LogP contribution in [-0.4, -0.2) is 66.0 Å². The average Bonchev–Trinajstić information content (AvgIpc) is 2.87. The monoisotopic (exact) mass is 496 g/mol. The van der Waals surface area contributed by atoms with Gasteiger partial charge in [-0.05, 0) is 82.1 Å². The van der Waals surface area contributed by atoms with E-state index < -0.39 is 5.60 Å². The van der Waals surface area contributed by atoms with Gasteiger partial charge in [-0.25, -0.2) is 4.79 Å². The number of ether oxygens (including phenoxy) is 2. The number of hydrogen-bond donors (Lipinski definition) is 0. The highest BCUT2D eigenvalue weighted by atomic mass is 16.6. The topological polar surface area (TPSA) is 76.2 Å². The molecule has 1 aliphatic carbocycles. The Labute approximate surface area is 214 Å². The Bertz CT molecular complexity index is 960. The fourth-order valence-corrected chi connectivity index (χ4v) is 5.14. The first kappa shape index (κ1) is 26.2. The van der Waals surface area contributed by atoms with Crippen molar-refractivity contribution in [2.24, 2.45) is 11.8 Å². The van der Waals surface area contributed by atoms with E-state index in [1.807, 2.05) is 37.8 Å². The van der Waals surface area contributed by atoms with E-state index in [1.165, 1.54) is 11.1 Å².